The van der Waals surface area contributed by atoms with Crippen molar-refractivity contribution < 1.29 is 49.1 Å². The molecular formula is C34H32F9N3O2. The zero-order valence-electron chi connectivity index (χ0n) is 25.5. The molecule has 2 N–H and O–H groups in total. The van der Waals surface area contributed by atoms with E-state index in [1.165, 1.54) is 0 Å². The third-order valence-corrected chi connectivity index (χ3v) is 9.00. The third kappa shape index (κ3) is 7.48. The number of carbonyl (C=O) groups is 2. The number of carbonyl (C=O) groups excluding carboxylic acids is 2. The molecule has 1 fully saturated rings. The molecule has 0 spiro atoms. The molecule has 0 saturated carbocycles. The molecule has 2 amide bonds. The first-order valence-corrected chi connectivity index (χ1v) is 15.4. The summed E-state index contributed by atoms with van der Waals surface area (Å²) in [7, 11) is 0. The summed E-state index contributed by atoms with van der Waals surface area (Å²) >= 11 is 0. The number of alkyl halides is 9. The minimum atomic E-state index is -5.03. The van der Waals surface area contributed by atoms with Gasteiger partial charge in [-0.3, -0.25) is 9.59 Å². The lowest BCUT2D eigenvalue weighted by atomic mass is 9.73. The van der Waals surface area contributed by atoms with Crippen LogP contribution in [0.3, 0.4) is 0 Å². The maximum absolute atomic E-state index is 13.6. The van der Waals surface area contributed by atoms with Gasteiger partial charge in [-0.1, -0.05) is 55.0 Å². The standard InChI is InChI=1S/C34H32F9N3O2/c35-32(36,37)20-44-30(48)31(26-9-3-1-7-23(26)24-8-2-4-10-27(24)31)15-5-6-16-46-17-13-22(14-18-46)45-29(47)25-19-21(33(38,39)40)11-12-28(25)34(41,42)43/h1-4,7-12,19,22H,5-6,13-18,20H2,(H,44,48)(H,45,47). The zero-order chi connectivity index (χ0) is 34.9. The van der Waals surface area contributed by atoms with Crippen LogP contribution in [-0.4, -0.2) is 55.1 Å². The Morgan fingerprint density at radius 1 is 0.771 bits per heavy atom. The number of likely N-dealkylation sites (tertiary alicyclic amines) is 1. The lowest BCUT2D eigenvalue weighted by Gasteiger charge is -2.33. The summed E-state index contributed by atoms with van der Waals surface area (Å²) < 4.78 is 119. The first-order chi connectivity index (χ1) is 22.5. The largest absolute Gasteiger partial charge is 0.417 e. The molecule has 1 heterocycles. The molecule has 0 radical (unpaired) electrons. The predicted octanol–water partition coefficient (Wildman–Crippen LogP) is 7.73. The molecule has 3 aromatic carbocycles. The van der Waals surface area contributed by atoms with Crippen LogP contribution in [0.15, 0.2) is 66.7 Å². The first kappa shape index (κ1) is 35.2. The van der Waals surface area contributed by atoms with Crippen molar-refractivity contribution >= 4 is 11.8 Å². The first-order valence-electron chi connectivity index (χ1n) is 15.4. The Hall–Kier alpha value is -4.07. The SMILES string of the molecule is O=C(NC1CCN(CCCCC2(C(=O)NCC(F)(F)F)c3ccccc3-c3ccccc32)CC1)c1cc(C(F)(F)F)ccc1C(F)(F)F. The van der Waals surface area contributed by atoms with Crippen molar-refractivity contribution in [1.29, 1.82) is 0 Å². The van der Waals surface area contributed by atoms with Crippen LogP contribution in [0, 0.1) is 0 Å². The summed E-state index contributed by atoms with van der Waals surface area (Å²) in [6.07, 6.45) is -12.6. The highest BCUT2D eigenvalue weighted by molar-refractivity contribution is 6.00. The summed E-state index contributed by atoms with van der Waals surface area (Å²) in [6, 6.07) is 14.5. The van der Waals surface area contributed by atoms with E-state index in [2.05, 4.69) is 15.5 Å². The van der Waals surface area contributed by atoms with Crippen molar-refractivity contribution in [3.05, 3.63) is 94.5 Å². The van der Waals surface area contributed by atoms with Crippen LogP contribution < -0.4 is 10.6 Å². The highest BCUT2D eigenvalue weighted by Gasteiger charge is 2.49. The number of piperidine rings is 1. The average Bonchev–Trinajstić information content (AvgIpc) is 3.32. The molecule has 258 valence electrons. The van der Waals surface area contributed by atoms with Gasteiger partial charge in [-0.05, 0) is 72.7 Å². The topological polar surface area (TPSA) is 61.4 Å². The van der Waals surface area contributed by atoms with Gasteiger partial charge in [0.25, 0.3) is 5.91 Å². The molecule has 0 atom stereocenters. The number of hydrogen-bond acceptors (Lipinski definition) is 3. The summed E-state index contributed by atoms with van der Waals surface area (Å²) in [5.74, 6) is -1.97. The number of nitrogens with one attached hydrogen (secondary N) is 2. The second-order valence-electron chi connectivity index (χ2n) is 12.1. The second-order valence-corrected chi connectivity index (χ2v) is 12.1. The van der Waals surface area contributed by atoms with Gasteiger partial charge >= 0.3 is 18.5 Å². The van der Waals surface area contributed by atoms with Gasteiger partial charge in [0.05, 0.1) is 16.7 Å². The quantitative estimate of drug-likeness (QED) is 0.179. The van der Waals surface area contributed by atoms with Crippen molar-refractivity contribution in [2.45, 2.75) is 62.1 Å². The number of benzene rings is 3. The Morgan fingerprint density at radius 2 is 1.35 bits per heavy atom. The van der Waals surface area contributed by atoms with Gasteiger partial charge in [-0.15, -0.1) is 0 Å². The van der Waals surface area contributed by atoms with Crippen LogP contribution in [0.2, 0.25) is 0 Å². The predicted molar refractivity (Wildman–Crippen MR) is 159 cm³/mol. The van der Waals surface area contributed by atoms with Crippen LogP contribution >= 0.6 is 0 Å². The number of fused-ring (bicyclic) bond motifs is 3. The number of nitrogens with zero attached hydrogens (tertiary/aromatic N) is 1. The van der Waals surface area contributed by atoms with Crippen LogP contribution in [0.1, 0.15) is 64.7 Å². The number of amides is 2. The van der Waals surface area contributed by atoms with E-state index in [1.807, 2.05) is 12.1 Å². The number of hydrogen-bond donors (Lipinski definition) is 2. The smallest absolute Gasteiger partial charge is 0.349 e. The van der Waals surface area contributed by atoms with Crippen molar-refractivity contribution in [2.24, 2.45) is 0 Å². The van der Waals surface area contributed by atoms with Gasteiger partial charge in [0.2, 0.25) is 5.91 Å². The van der Waals surface area contributed by atoms with E-state index in [-0.39, 0.29) is 18.6 Å². The Kier molecular flexibility index (Phi) is 9.87. The van der Waals surface area contributed by atoms with Gasteiger partial charge in [0.15, 0.2) is 0 Å². The normalized spacial score (nSPS) is 16.7. The zero-order valence-corrected chi connectivity index (χ0v) is 25.5. The van der Waals surface area contributed by atoms with Gasteiger partial charge in [-0.2, -0.15) is 39.5 Å². The fourth-order valence-corrected chi connectivity index (χ4v) is 6.73. The van der Waals surface area contributed by atoms with Crippen LogP contribution in [0.4, 0.5) is 39.5 Å². The molecule has 14 heteroatoms. The fourth-order valence-electron chi connectivity index (χ4n) is 6.73. The lowest BCUT2D eigenvalue weighted by molar-refractivity contribution is -0.141. The molecule has 3 aromatic rings. The van der Waals surface area contributed by atoms with Crippen LogP contribution in [0.5, 0.6) is 0 Å². The maximum atomic E-state index is 13.6. The van der Waals surface area contributed by atoms with E-state index < -0.39 is 65.0 Å². The van der Waals surface area contributed by atoms with Gasteiger partial charge in [-0.25, -0.2) is 0 Å². The molecule has 0 unspecified atom stereocenters. The van der Waals surface area contributed by atoms with E-state index in [9.17, 15) is 49.1 Å². The maximum Gasteiger partial charge on any atom is 0.417 e. The minimum absolute atomic E-state index is 0.213. The number of unbranched alkanes of at least 4 members (excludes halogenated alkanes) is 1. The number of halogens is 9. The van der Waals surface area contributed by atoms with E-state index in [1.54, 1.807) is 36.4 Å². The Bertz CT molecular complexity index is 1600. The molecule has 5 nitrogen and oxygen atoms in total. The Morgan fingerprint density at radius 3 is 1.90 bits per heavy atom. The van der Waals surface area contributed by atoms with E-state index >= 15 is 0 Å². The molecule has 1 aliphatic heterocycles. The highest BCUT2D eigenvalue weighted by Crippen LogP contribution is 2.51. The summed E-state index contributed by atoms with van der Waals surface area (Å²) in [5.41, 5.74) is -2.40. The molecule has 48 heavy (non-hydrogen) atoms. The van der Waals surface area contributed by atoms with Gasteiger partial charge < -0.3 is 15.5 Å². The van der Waals surface area contributed by atoms with Crippen LogP contribution in [0.25, 0.3) is 11.1 Å². The summed E-state index contributed by atoms with van der Waals surface area (Å²) in [5, 5.41) is 4.56. The monoisotopic (exact) mass is 685 g/mol. The van der Waals surface area contributed by atoms with E-state index in [4.69, 9.17) is 0 Å². The second kappa shape index (κ2) is 13.4. The molecule has 2 aliphatic rings. The van der Waals surface area contributed by atoms with Crippen molar-refractivity contribution in [2.75, 3.05) is 26.2 Å². The van der Waals surface area contributed by atoms with E-state index in [0.29, 0.717) is 62.5 Å². The van der Waals surface area contributed by atoms with Crippen molar-refractivity contribution in [1.82, 2.24) is 15.5 Å². The summed E-state index contributed by atoms with van der Waals surface area (Å²) in [6.45, 7) is -0.0180. The van der Waals surface area contributed by atoms with Crippen molar-refractivity contribution in [3.63, 3.8) is 0 Å². The average molecular weight is 686 g/mol. The molecule has 1 aliphatic carbocycles. The highest BCUT2D eigenvalue weighted by atomic mass is 19.4. The third-order valence-electron chi connectivity index (χ3n) is 9.00. The Labute approximate surface area is 270 Å². The molecular weight excluding hydrogens is 653 g/mol. The van der Waals surface area contributed by atoms with E-state index in [0.717, 1.165) is 11.1 Å². The van der Waals surface area contributed by atoms with Crippen molar-refractivity contribution in [3.8, 4) is 11.1 Å². The molecule has 0 aromatic heterocycles. The lowest BCUT2D eigenvalue weighted by Crippen LogP contribution is -2.47. The van der Waals surface area contributed by atoms with Crippen LogP contribution in [-0.2, 0) is 22.6 Å². The molecule has 5 rings (SSSR count). The number of rotatable bonds is 9. The summed E-state index contributed by atoms with van der Waals surface area (Å²) in [4.78, 5) is 28.4. The van der Waals surface area contributed by atoms with Gasteiger partial charge in [0.1, 0.15) is 12.0 Å². The minimum Gasteiger partial charge on any atom is -0.349 e. The Balaban J connectivity index is 1.21. The van der Waals surface area contributed by atoms with Gasteiger partial charge in [0, 0.05) is 19.1 Å². The molecule has 0 bridgehead atoms. The fraction of sp³-hybridized carbons (Fsp3) is 0.412. The molecule has 1 saturated heterocycles.